The van der Waals surface area contributed by atoms with E-state index in [4.69, 9.17) is 4.74 Å². The monoisotopic (exact) mass is 423 g/mol. The number of aromatic nitrogens is 2. The van der Waals surface area contributed by atoms with Crippen LogP contribution in [-0.4, -0.2) is 57.3 Å². The molecule has 0 aliphatic carbocycles. The predicted molar refractivity (Wildman–Crippen MR) is 98.7 cm³/mol. The Labute approximate surface area is 170 Å². The summed E-state index contributed by atoms with van der Waals surface area (Å²) in [7, 11) is 1.51. The van der Waals surface area contributed by atoms with Crippen molar-refractivity contribution in [3.8, 4) is 0 Å². The molecule has 1 fully saturated rings. The molecule has 0 bridgehead atoms. The summed E-state index contributed by atoms with van der Waals surface area (Å²) >= 11 is 0. The minimum Gasteiger partial charge on any atom is -0.379 e. The highest BCUT2D eigenvalue weighted by atomic mass is 19.2. The second-order valence-corrected chi connectivity index (χ2v) is 7.36. The molecule has 2 unspecified atom stereocenters. The largest absolute Gasteiger partial charge is 0.379 e. The number of carbonyl (C=O) groups excluding carboxylic acids is 2. The number of methoxy groups -OCH3 is 1. The van der Waals surface area contributed by atoms with Gasteiger partial charge in [-0.15, -0.1) is 0 Å². The van der Waals surface area contributed by atoms with E-state index < -0.39 is 35.7 Å². The number of hydrogen-bond donors (Lipinski definition) is 1. The van der Waals surface area contributed by atoms with Crippen LogP contribution >= 0.6 is 0 Å². The number of benzene rings is 1. The molecule has 0 spiro atoms. The van der Waals surface area contributed by atoms with Gasteiger partial charge in [0, 0.05) is 37.7 Å². The lowest BCUT2D eigenvalue weighted by Crippen LogP contribution is -2.55. The zero-order valence-corrected chi connectivity index (χ0v) is 16.3. The Morgan fingerprint density at radius 3 is 2.57 bits per heavy atom. The molecule has 2 aliphatic rings. The molecule has 11 heteroatoms. The predicted octanol–water partition coefficient (Wildman–Crippen LogP) is 2.48. The highest BCUT2D eigenvalue weighted by molar-refractivity contribution is 5.90. The van der Waals surface area contributed by atoms with Crippen LogP contribution in [0, 0.1) is 17.5 Å². The highest BCUT2D eigenvalue weighted by Crippen LogP contribution is 2.35. The molecule has 0 radical (unpaired) electrons. The number of rotatable bonds is 3. The Morgan fingerprint density at radius 1 is 1.23 bits per heavy atom. The van der Waals surface area contributed by atoms with E-state index >= 15 is 0 Å². The molecule has 3 amide bonds. The third kappa shape index (κ3) is 3.38. The quantitative estimate of drug-likeness (QED) is 0.770. The lowest BCUT2D eigenvalue weighted by molar-refractivity contribution is -0.134. The Hall–Kier alpha value is -3.08. The van der Waals surface area contributed by atoms with Crippen molar-refractivity contribution in [2.24, 2.45) is 0 Å². The SMILES string of the molecule is CO[C@@H]1CC(=O)N(C2c3ccnn3CC(C)N2C(=O)Nc2cc(F)c(F)c(F)c2)C1. The van der Waals surface area contributed by atoms with Gasteiger partial charge in [-0.3, -0.25) is 14.4 Å². The summed E-state index contributed by atoms with van der Waals surface area (Å²) in [5.41, 5.74) is 0.397. The lowest BCUT2D eigenvalue weighted by atomic mass is 10.1. The molecule has 1 aromatic heterocycles. The summed E-state index contributed by atoms with van der Waals surface area (Å²) in [6.45, 7) is 2.42. The van der Waals surface area contributed by atoms with Gasteiger partial charge in [-0.05, 0) is 13.0 Å². The molecule has 3 atom stereocenters. The zero-order valence-electron chi connectivity index (χ0n) is 16.3. The van der Waals surface area contributed by atoms with Crippen molar-refractivity contribution in [1.29, 1.82) is 0 Å². The number of fused-ring (bicyclic) bond motifs is 1. The minimum absolute atomic E-state index is 0.180. The van der Waals surface area contributed by atoms with Gasteiger partial charge in [-0.1, -0.05) is 0 Å². The molecule has 2 aromatic rings. The van der Waals surface area contributed by atoms with Gasteiger partial charge in [-0.2, -0.15) is 5.10 Å². The number of likely N-dealkylation sites (tertiary alicyclic amines) is 1. The van der Waals surface area contributed by atoms with Crippen LogP contribution in [0.15, 0.2) is 24.4 Å². The lowest BCUT2D eigenvalue weighted by Gasteiger charge is -2.44. The number of anilines is 1. The van der Waals surface area contributed by atoms with E-state index in [1.54, 1.807) is 23.9 Å². The van der Waals surface area contributed by atoms with Crippen molar-refractivity contribution in [1.82, 2.24) is 19.6 Å². The molecule has 2 aliphatic heterocycles. The molecule has 0 saturated carbocycles. The van der Waals surface area contributed by atoms with Crippen LogP contribution in [0.3, 0.4) is 0 Å². The standard InChI is InChI=1S/C19H20F3N5O3/c1-10-8-26-15(3-4-23-26)18(25-9-12(30-2)7-16(25)28)27(10)19(29)24-11-5-13(20)17(22)14(21)6-11/h3-6,10,12,18H,7-9H2,1-2H3,(H,24,29)/t10?,12-,18?/m1/s1. The first kappa shape index (κ1) is 20.2. The van der Waals surface area contributed by atoms with Gasteiger partial charge < -0.3 is 15.0 Å². The summed E-state index contributed by atoms with van der Waals surface area (Å²) in [6, 6.07) is 2.03. The van der Waals surface area contributed by atoms with Crippen molar-refractivity contribution in [3.05, 3.63) is 47.5 Å². The number of halogens is 3. The number of hydrogen-bond acceptors (Lipinski definition) is 4. The first-order valence-corrected chi connectivity index (χ1v) is 9.38. The Balaban J connectivity index is 1.67. The molecule has 1 saturated heterocycles. The van der Waals surface area contributed by atoms with Crippen molar-refractivity contribution in [2.75, 3.05) is 19.0 Å². The van der Waals surface area contributed by atoms with Crippen molar-refractivity contribution < 1.29 is 27.5 Å². The van der Waals surface area contributed by atoms with E-state index in [9.17, 15) is 22.8 Å². The van der Waals surface area contributed by atoms with Crippen LogP contribution in [0.5, 0.6) is 0 Å². The maximum Gasteiger partial charge on any atom is 0.324 e. The van der Waals surface area contributed by atoms with Gasteiger partial charge in [0.1, 0.15) is 0 Å². The summed E-state index contributed by atoms with van der Waals surface area (Å²) in [6.07, 6.45) is 0.671. The summed E-state index contributed by atoms with van der Waals surface area (Å²) in [4.78, 5) is 28.7. The van der Waals surface area contributed by atoms with E-state index in [1.807, 2.05) is 0 Å². The fraction of sp³-hybridized carbons (Fsp3) is 0.421. The van der Waals surface area contributed by atoms with Crippen molar-refractivity contribution in [2.45, 2.75) is 38.2 Å². The number of urea groups is 1. The van der Waals surface area contributed by atoms with E-state index in [-0.39, 0.29) is 30.7 Å². The molecule has 160 valence electrons. The fourth-order valence-corrected chi connectivity index (χ4v) is 3.97. The highest BCUT2D eigenvalue weighted by Gasteiger charge is 2.45. The van der Waals surface area contributed by atoms with Gasteiger partial charge in [0.25, 0.3) is 0 Å². The number of carbonyl (C=O) groups is 2. The Morgan fingerprint density at radius 2 is 1.93 bits per heavy atom. The average molecular weight is 423 g/mol. The smallest absolute Gasteiger partial charge is 0.324 e. The number of ether oxygens (including phenoxy) is 1. The minimum atomic E-state index is -1.62. The van der Waals surface area contributed by atoms with E-state index in [1.165, 1.54) is 16.9 Å². The van der Waals surface area contributed by atoms with Crippen LogP contribution in [0.1, 0.15) is 25.2 Å². The molecule has 8 nitrogen and oxygen atoms in total. The molecule has 3 heterocycles. The molecule has 4 rings (SSSR count). The third-order valence-corrected chi connectivity index (χ3v) is 5.41. The van der Waals surface area contributed by atoms with Gasteiger partial charge >= 0.3 is 6.03 Å². The molecule has 1 aromatic carbocycles. The van der Waals surface area contributed by atoms with Crippen LogP contribution < -0.4 is 5.32 Å². The Bertz CT molecular complexity index is 975. The van der Waals surface area contributed by atoms with Crippen molar-refractivity contribution in [3.63, 3.8) is 0 Å². The second kappa shape index (κ2) is 7.63. The van der Waals surface area contributed by atoms with Crippen LogP contribution in [-0.2, 0) is 16.1 Å². The summed E-state index contributed by atoms with van der Waals surface area (Å²) in [5, 5.41) is 6.66. The zero-order chi connectivity index (χ0) is 21.6. The third-order valence-electron chi connectivity index (χ3n) is 5.41. The molecular weight excluding hydrogens is 403 g/mol. The van der Waals surface area contributed by atoms with Crippen molar-refractivity contribution >= 4 is 17.6 Å². The maximum absolute atomic E-state index is 13.6. The van der Waals surface area contributed by atoms with Crippen LogP contribution in [0.25, 0.3) is 0 Å². The molecule has 1 N–H and O–H groups in total. The first-order chi connectivity index (χ1) is 14.3. The van der Waals surface area contributed by atoms with Gasteiger partial charge in [-0.25, -0.2) is 18.0 Å². The normalized spacial score (nSPS) is 23.6. The van der Waals surface area contributed by atoms with E-state index in [0.717, 1.165) is 0 Å². The Kier molecular flexibility index (Phi) is 5.14. The van der Waals surface area contributed by atoms with E-state index in [0.29, 0.717) is 24.4 Å². The van der Waals surface area contributed by atoms with Crippen LogP contribution in [0.4, 0.5) is 23.7 Å². The van der Waals surface area contributed by atoms with Gasteiger partial charge in [0.2, 0.25) is 5.91 Å². The average Bonchev–Trinajstić information content (AvgIpc) is 3.30. The summed E-state index contributed by atoms with van der Waals surface area (Å²) < 4.78 is 47.4. The van der Waals surface area contributed by atoms with Crippen LogP contribution in [0.2, 0.25) is 0 Å². The number of nitrogens with one attached hydrogen (secondary N) is 1. The van der Waals surface area contributed by atoms with E-state index in [2.05, 4.69) is 10.4 Å². The first-order valence-electron chi connectivity index (χ1n) is 9.38. The summed E-state index contributed by atoms with van der Waals surface area (Å²) in [5.74, 6) is -4.63. The number of nitrogens with zero attached hydrogens (tertiary/aromatic N) is 4. The van der Waals surface area contributed by atoms with Gasteiger partial charge in [0.15, 0.2) is 23.6 Å². The number of amides is 3. The van der Waals surface area contributed by atoms with Gasteiger partial charge in [0.05, 0.1) is 30.8 Å². The molecular formula is C19H20F3N5O3. The fourth-order valence-electron chi connectivity index (χ4n) is 3.97. The second-order valence-electron chi connectivity index (χ2n) is 7.36. The molecule has 30 heavy (non-hydrogen) atoms. The topological polar surface area (TPSA) is 79.7 Å². The maximum atomic E-state index is 13.6.